The van der Waals surface area contributed by atoms with E-state index in [2.05, 4.69) is 231 Å². The van der Waals surface area contributed by atoms with E-state index in [9.17, 15) is 0 Å². The quantitative estimate of drug-likeness (QED) is 0.159. The first kappa shape index (κ1) is 33.6. The summed E-state index contributed by atoms with van der Waals surface area (Å²) in [6.07, 6.45) is 0. The van der Waals surface area contributed by atoms with Crippen LogP contribution in [0.1, 0.15) is 25.0 Å². The predicted molar refractivity (Wildman–Crippen MR) is 238 cm³/mol. The van der Waals surface area contributed by atoms with Crippen LogP contribution >= 0.6 is 0 Å². The van der Waals surface area contributed by atoms with Crippen molar-refractivity contribution in [1.29, 1.82) is 0 Å². The topological polar surface area (TPSA) is 3.24 Å². The molecule has 0 aliphatic heterocycles. The molecular weight excluding hydrogens is 675 g/mol. The zero-order valence-corrected chi connectivity index (χ0v) is 31.7. The summed E-state index contributed by atoms with van der Waals surface area (Å²) in [7, 11) is 0. The third-order valence-electron chi connectivity index (χ3n) is 11.7. The highest BCUT2D eigenvalue weighted by molar-refractivity contribution is 6.01. The second-order valence-corrected chi connectivity index (χ2v) is 15.3. The number of hydrogen-bond donors (Lipinski definition) is 0. The number of benzene rings is 9. The lowest BCUT2D eigenvalue weighted by Gasteiger charge is -2.32. The summed E-state index contributed by atoms with van der Waals surface area (Å²) in [4.78, 5) is 2.52. The fourth-order valence-electron chi connectivity index (χ4n) is 8.94. The summed E-state index contributed by atoms with van der Waals surface area (Å²) in [6, 6.07) is 77.6. The highest BCUT2D eigenvalue weighted by atomic mass is 15.2. The number of nitrogens with zero attached hydrogens (tertiary/aromatic N) is 1. The van der Waals surface area contributed by atoms with Crippen molar-refractivity contribution in [1.82, 2.24) is 0 Å². The van der Waals surface area contributed by atoms with Crippen LogP contribution in [0.15, 0.2) is 212 Å². The molecule has 0 amide bonds. The predicted octanol–water partition coefficient (Wildman–Crippen LogP) is 15.3. The molecule has 0 bridgehead atoms. The molecule has 1 nitrogen and oxygen atoms in total. The van der Waals surface area contributed by atoms with E-state index >= 15 is 0 Å². The monoisotopic (exact) mass is 715 g/mol. The summed E-state index contributed by atoms with van der Waals surface area (Å²) in [5.41, 5.74) is 18.2. The van der Waals surface area contributed by atoms with Gasteiger partial charge in [-0.3, -0.25) is 0 Å². The zero-order valence-electron chi connectivity index (χ0n) is 31.7. The van der Waals surface area contributed by atoms with Crippen molar-refractivity contribution in [2.75, 3.05) is 4.90 Å². The van der Waals surface area contributed by atoms with Gasteiger partial charge in [0.1, 0.15) is 0 Å². The van der Waals surface area contributed by atoms with Gasteiger partial charge in [-0.2, -0.15) is 0 Å². The molecule has 0 fully saturated rings. The Morgan fingerprint density at radius 1 is 0.321 bits per heavy atom. The van der Waals surface area contributed by atoms with Crippen LogP contribution in [0.2, 0.25) is 0 Å². The van der Waals surface area contributed by atoms with E-state index in [1.165, 1.54) is 83.2 Å². The minimum atomic E-state index is -0.131. The van der Waals surface area contributed by atoms with Gasteiger partial charge in [-0.1, -0.05) is 202 Å². The van der Waals surface area contributed by atoms with Crippen LogP contribution in [0.25, 0.3) is 66.4 Å². The number of fused-ring (bicyclic) bond motifs is 4. The van der Waals surface area contributed by atoms with Crippen molar-refractivity contribution in [3.8, 4) is 55.6 Å². The molecule has 0 radical (unpaired) electrons. The molecule has 0 saturated heterocycles. The van der Waals surface area contributed by atoms with E-state index in [0.29, 0.717) is 0 Å². The maximum Gasteiger partial charge on any atom is 0.0543 e. The van der Waals surface area contributed by atoms with Gasteiger partial charge in [0.2, 0.25) is 0 Å². The lowest BCUT2D eigenvalue weighted by Crippen LogP contribution is -2.16. The van der Waals surface area contributed by atoms with Crippen molar-refractivity contribution in [2.24, 2.45) is 0 Å². The Morgan fingerprint density at radius 3 is 1.57 bits per heavy atom. The molecule has 10 rings (SSSR count). The Hall–Kier alpha value is -6.96. The van der Waals surface area contributed by atoms with E-state index in [1.54, 1.807) is 0 Å². The molecule has 0 aromatic heterocycles. The summed E-state index contributed by atoms with van der Waals surface area (Å²) < 4.78 is 0. The van der Waals surface area contributed by atoms with Gasteiger partial charge in [-0.25, -0.2) is 0 Å². The van der Waals surface area contributed by atoms with Gasteiger partial charge in [-0.15, -0.1) is 0 Å². The minimum Gasteiger partial charge on any atom is -0.309 e. The van der Waals surface area contributed by atoms with Crippen molar-refractivity contribution >= 4 is 27.8 Å². The van der Waals surface area contributed by atoms with Gasteiger partial charge in [0.25, 0.3) is 0 Å². The normalized spacial score (nSPS) is 12.6. The molecule has 9 aromatic rings. The van der Waals surface area contributed by atoms with Gasteiger partial charge in [0, 0.05) is 22.1 Å². The average Bonchev–Trinajstić information content (AvgIpc) is 3.50. The molecule has 1 heteroatoms. The summed E-state index contributed by atoms with van der Waals surface area (Å²) in [6.45, 7) is 4.72. The lowest BCUT2D eigenvalue weighted by atomic mass is 9.82. The molecule has 0 N–H and O–H groups in total. The number of rotatable bonds is 7. The Labute approximate surface area is 329 Å². The molecule has 1 aliphatic carbocycles. The Kier molecular flexibility index (Phi) is 8.23. The molecule has 9 aromatic carbocycles. The third kappa shape index (κ3) is 5.63. The molecule has 266 valence electrons. The van der Waals surface area contributed by atoms with Crippen LogP contribution in [0.3, 0.4) is 0 Å². The summed E-state index contributed by atoms with van der Waals surface area (Å²) in [5, 5.41) is 2.52. The van der Waals surface area contributed by atoms with Crippen LogP contribution in [0.5, 0.6) is 0 Å². The van der Waals surface area contributed by atoms with Crippen molar-refractivity contribution in [3.05, 3.63) is 223 Å². The fourth-order valence-corrected chi connectivity index (χ4v) is 8.94. The first-order valence-electron chi connectivity index (χ1n) is 19.5. The van der Waals surface area contributed by atoms with E-state index in [-0.39, 0.29) is 5.41 Å². The minimum absolute atomic E-state index is 0.131. The van der Waals surface area contributed by atoms with Gasteiger partial charge in [0.15, 0.2) is 0 Å². The van der Waals surface area contributed by atoms with E-state index in [1.807, 2.05) is 0 Å². The molecule has 56 heavy (non-hydrogen) atoms. The summed E-state index contributed by atoms with van der Waals surface area (Å²) in [5.74, 6) is 0. The van der Waals surface area contributed by atoms with E-state index in [0.717, 1.165) is 11.4 Å². The Bertz CT molecular complexity index is 2880. The fraction of sp³-hybridized carbons (Fsp3) is 0.0545. The third-order valence-corrected chi connectivity index (χ3v) is 11.7. The molecule has 0 atom stereocenters. The number of anilines is 3. The van der Waals surface area contributed by atoms with Crippen LogP contribution in [-0.2, 0) is 5.41 Å². The number of para-hydroxylation sites is 2. The average molecular weight is 716 g/mol. The van der Waals surface area contributed by atoms with Crippen LogP contribution in [0.4, 0.5) is 17.1 Å². The Balaban J connectivity index is 1.19. The van der Waals surface area contributed by atoms with Gasteiger partial charge >= 0.3 is 0 Å². The standard InChI is InChI=1S/C55H41N/c1-55(2)49-28-11-8-26-48(49)54-50(55)29-16-32-53(54)56(52-31-13-10-25-47(52)43-22-14-21-42(37-43)38-17-4-3-5-18-38)51-30-12-9-24-46(51)41-35-33-40(34-36-41)45-27-15-20-39-19-6-7-23-44(39)45/h3-37H,1-2H3. The van der Waals surface area contributed by atoms with Crippen molar-refractivity contribution < 1.29 is 0 Å². The lowest BCUT2D eigenvalue weighted by molar-refractivity contribution is 0.660. The maximum atomic E-state index is 2.52. The Morgan fingerprint density at radius 2 is 0.804 bits per heavy atom. The molecule has 0 saturated carbocycles. The highest BCUT2D eigenvalue weighted by Gasteiger charge is 2.38. The largest absolute Gasteiger partial charge is 0.309 e. The summed E-state index contributed by atoms with van der Waals surface area (Å²) >= 11 is 0. The van der Waals surface area contributed by atoms with Crippen LogP contribution < -0.4 is 4.90 Å². The van der Waals surface area contributed by atoms with Crippen LogP contribution in [-0.4, -0.2) is 0 Å². The zero-order chi connectivity index (χ0) is 37.6. The first-order chi connectivity index (χ1) is 27.6. The highest BCUT2D eigenvalue weighted by Crippen LogP contribution is 2.55. The molecule has 0 spiro atoms. The second kappa shape index (κ2) is 13.7. The smallest absolute Gasteiger partial charge is 0.0543 e. The van der Waals surface area contributed by atoms with Crippen LogP contribution in [0, 0.1) is 0 Å². The maximum absolute atomic E-state index is 2.52. The van der Waals surface area contributed by atoms with Crippen molar-refractivity contribution in [2.45, 2.75) is 19.3 Å². The SMILES string of the molecule is CC1(C)c2ccccc2-c2c(N(c3ccccc3-c3ccc(-c4cccc5ccccc45)cc3)c3ccccc3-c3cccc(-c4ccccc4)c3)cccc21. The van der Waals surface area contributed by atoms with Gasteiger partial charge in [0.05, 0.1) is 17.1 Å². The molecular formula is C55H41N. The first-order valence-corrected chi connectivity index (χ1v) is 19.5. The molecule has 1 aliphatic rings. The van der Waals surface area contributed by atoms with Gasteiger partial charge in [-0.05, 0) is 85.1 Å². The van der Waals surface area contributed by atoms with Gasteiger partial charge < -0.3 is 4.90 Å². The number of hydrogen-bond acceptors (Lipinski definition) is 1. The molecule has 0 unspecified atom stereocenters. The second-order valence-electron chi connectivity index (χ2n) is 15.3. The molecule has 0 heterocycles. The van der Waals surface area contributed by atoms with Crippen molar-refractivity contribution in [3.63, 3.8) is 0 Å². The van der Waals surface area contributed by atoms with E-state index in [4.69, 9.17) is 0 Å². The van der Waals surface area contributed by atoms with E-state index < -0.39 is 0 Å².